The van der Waals surface area contributed by atoms with E-state index in [1.54, 1.807) is 12.1 Å². The molecule has 6 rings (SSSR count). The molecule has 1 aliphatic heterocycles. The minimum absolute atomic E-state index is 0.0283. The molecule has 4 N–H and O–H groups in total. The van der Waals surface area contributed by atoms with E-state index in [9.17, 15) is 34.8 Å². The number of phenols is 3. The highest BCUT2D eigenvalue weighted by Gasteiger charge is 2.36. The highest BCUT2D eigenvalue weighted by atomic mass is 16.5. The largest absolute Gasteiger partial charge is 0.507 e. The van der Waals surface area contributed by atoms with Crippen LogP contribution in [-0.2, 0) is 4.79 Å². The fraction of sp³-hybridized carbons (Fsp3) is 0.107. The molecule has 1 aliphatic rings. The van der Waals surface area contributed by atoms with Gasteiger partial charge in [-0.25, -0.2) is 0 Å². The number of benzene rings is 3. The molecular weight excluding hydrogens is 512 g/mol. The Bertz CT molecular complexity index is 1970. The Morgan fingerprint density at radius 2 is 1.69 bits per heavy atom. The number of aromatic hydroxyl groups is 4. The SMILES string of the molecule is COc1ccc2occ([C@H]3CC(=O)Oc4cc(O)c5c(=O)c(O)c(-c6ccc(O)c(O)c6)oc5c43)c(=O)c2c1. The quantitative estimate of drug-likeness (QED) is 0.151. The Labute approximate surface area is 217 Å². The number of methoxy groups -OCH3 is 1. The van der Waals surface area contributed by atoms with Gasteiger partial charge in [0.1, 0.15) is 33.8 Å². The predicted molar refractivity (Wildman–Crippen MR) is 136 cm³/mol. The molecule has 3 heterocycles. The molecule has 5 aromatic rings. The van der Waals surface area contributed by atoms with Crippen molar-refractivity contribution in [2.45, 2.75) is 12.3 Å². The van der Waals surface area contributed by atoms with E-state index < -0.39 is 51.1 Å². The zero-order valence-electron chi connectivity index (χ0n) is 20.0. The van der Waals surface area contributed by atoms with E-state index in [-0.39, 0.29) is 51.2 Å². The van der Waals surface area contributed by atoms with Gasteiger partial charge in [0.25, 0.3) is 0 Å². The summed E-state index contributed by atoms with van der Waals surface area (Å²) in [5.41, 5.74) is -1.27. The molecule has 0 amide bonds. The van der Waals surface area contributed by atoms with Crippen LogP contribution in [0.25, 0.3) is 33.3 Å². The van der Waals surface area contributed by atoms with Crippen LogP contribution in [0.3, 0.4) is 0 Å². The lowest BCUT2D eigenvalue weighted by molar-refractivity contribution is -0.135. The third-order valence-corrected chi connectivity index (χ3v) is 6.68. The fourth-order valence-electron chi connectivity index (χ4n) is 4.80. The molecule has 0 aliphatic carbocycles. The summed E-state index contributed by atoms with van der Waals surface area (Å²) in [5.74, 6) is -4.34. The molecule has 0 saturated heterocycles. The maximum atomic E-state index is 13.6. The van der Waals surface area contributed by atoms with Crippen LogP contribution in [0.5, 0.6) is 34.5 Å². The summed E-state index contributed by atoms with van der Waals surface area (Å²) >= 11 is 0. The first-order chi connectivity index (χ1) is 18.7. The van der Waals surface area contributed by atoms with Gasteiger partial charge in [0.15, 0.2) is 22.7 Å². The molecule has 2 aromatic heterocycles. The molecule has 0 radical (unpaired) electrons. The first-order valence-electron chi connectivity index (χ1n) is 11.6. The number of hydrogen-bond acceptors (Lipinski definition) is 11. The number of hydrogen-bond donors (Lipinski definition) is 4. The van der Waals surface area contributed by atoms with Gasteiger partial charge in [-0.05, 0) is 36.4 Å². The van der Waals surface area contributed by atoms with Gasteiger partial charge in [0.2, 0.25) is 11.2 Å². The molecule has 39 heavy (non-hydrogen) atoms. The van der Waals surface area contributed by atoms with E-state index in [0.29, 0.717) is 5.75 Å². The van der Waals surface area contributed by atoms with Crippen molar-refractivity contribution in [3.8, 4) is 45.8 Å². The Morgan fingerprint density at radius 3 is 2.44 bits per heavy atom. The van der Waals surface area contributed by atoms with Crippen molar-refractivity contribution in [3.63, 3.8) is 0 Å². The van der Waals surface area contributed by atoms with Crippen molar-refractivity contribution in [3.05, 3.63) is 80.3 Å². The highest BCUT2D eigenvalue weighted by Crippen LogP contribution is 2.47. The molecule has 196 valence electrons. The monoisotopic (exact) mass is 530 g/mol. The Morgan fingerprint density at radius 1 is 0.897 bits per heavy atom. The lowest BCUT2D eigenvalue weighted by atomic mass is 9.85. The standard InChI is InChI=1S/C28H18O11/c1-36-12-3-5-19-14(7-12)24(33)15(10-37-19)13-8-21(32)38-20-9-18(31)23-25(34)26(35)27(39-28(23)22(13)20)11-2-4-16(29)17(30)6-11/h2-7,9-10,13,29-31,35H,8H2,1H3/t13-/m1/s1. The van der Waals surface area contributed by atoms with Crippen LogP contribution in [0.1, 0.15) is 23.5 Å². The lowest BCUT2D eigenvalue weighted by Gasteiger charge is -2.25. The maximum Gasteiger partial charge on any atom is 0.312 e. The highest BCUT2D eigenvalue weighted by molar-refractivity contribution is 5.94. The van der Waals surface area contributed by atoms with Crippen molar-refractivity contribution < 1.29 is 43.5 Å². The molecule has 11 heteroatoms. The van der Waals surface area contributed by atoms with Crippen molar-refractivity contribution in [1.29, 1.82) is 0 Å². The number of rotatable bonds is 3. The second-order valence-electron chi connectivity index (χ2n) is 8.94. The number of carbonyl (C=O) groups is 1. The van der Waals surface area contributed by atoms with Crippen LogP contribution in [0.4, 0.5) is 0 Å². The first-order valence-corrected chi connectivity index (χ1v) is 11.6. The average molecular weight is 530 g/mol. The number of carbonyl (C=O) groups excluding carboxylic acids is 1. The Kier molecular flexibility index (Phi) is 5.25. The molecule has 0 unspecified atom stereocenters. The van der Waals surface area contributed by atoms with E-state index in [0.717, 1.165) is 18.2 Å². The van der Waals surface area contributed by atoms with Crippen molar-refractivity contribution in [1.82, 2.24) is 0 Å². The second kappa shape index (κ2) is 8.55. The summed E-state index contributed by atoms with van der Waals surface area (Å²) in [6, 6.07) is 9.21. The van der Waals surface area contributed by atoms with Gasteiger partial charge in [-0.3, -0.25) is 14.4 Å². The van der Waals surface area contributed by atoms with Crippen molar-refractivity contribution >= 4 is 27.9 Å². The van der Waals surface area contributed by atoms with Crippen LogP contribution in [0.15, 0.2) is 67.2 Å². The van der Waals surface area contributed by atoms with Crippen LogP contribution >= 0.6 is 0 Å². The molecule has 0 bridgehead atoms. The van der Waals surface area contributed by atoms with Gasteiger partial charge in [-0.1, -0.05) is 0 Å². The molecule has 0 spiro atoms. The summed E-state index contributed by atoms with van der Waals surface area (Å²) in [7, 11) is 1.45. The van der Waals surface area contributed by atoms with Crippen LogP contribution < -0.4 is 20.3 Å². The van der Waals surface area contributed by atoms with Crippen LogP contribution in [-0.4, -0.2) is 33.5 Å². The van der Waals surface area contributed by atoms with Gasteiger partial charge in [-0.15, -0.1) is 0 Å². The van der Waals surface area contributed by atoms with Crippen molar-refractivity contribution in [2.24, 2.45) is 0 Å². The normalized spacial score (nSPS) is 14.8. The van der Waals surface area contributed by atoms with Gasteiger partial charge >= 0.3 is 5.97 Å². The molecule has 11 nitrogen and oxygen atoms in total. The molecular formula is C28H18O11. The Hall–Kier alpha value is -5.45. The van der Waals surface area contributed by atoms with E-state index in [4.69, 9.17) is 18.3 Å². The fourth-order valence-corrected chi connectivity index (χ4v) is 4.80. The molecule has 1 atom stereocenters. The third kappa shape index (κ3) is 3.62. The maximum absolute atomic E-state index is 13.6. The second-order valence-corrected chi connectivity index (χ2v) is 8.94. The van der Waals surface area contributed by atoms with E-state index in [2.05, 4.69) is 0 Å². The van der Waals surface area contributed by atoms with Gasteiger partial charge in [0, 0.05) is 28.7 Å². The number of fused-ring (bicyclic) bond motifs is 4. The molecule has 0 fully saturated rings. The molecule has 3 aromatic carbocycles. The zero-order chi connectivity index (χ0) is 27.6. The Balaban J connectivity index is 1.68. The number of esters is 1. The van der Waals surface area contributed by atoms with Gasteiger partial charge < -0.3 is 38.7 Å². The van der Waals surface area contributed by atoms with Crippen LogP contribution in [0.2, 0.25) is 0 Å². The summed E-state index contributed by atoms with van der Waals surface area (Å²) in [6.45, 7) is 0. The first kappa shape index (κ1) is 23.9. The van der Waals surface area contributed by atoms with E-state index in [1.807, 2.05) is 0 Å². The third-order valence-electron chi connectivity index (χ3n) is 6.68. The lowest BCUT2D eigenvalue weighted by Crippen LogP contribution is -2.25. The number of ether oxygens (including phenoxy) is 2. The van der Waals surface area contributed by atoms with Gasteiger partial charge in [-0.2, -0.15) is 0 Å². The van der Waals surface area contributed by atoms with Crippen molar-refractivity contribution in [2.75, 3.05) is 7.11 Å². The minimum atomic E-state index is -1.02. The summed E-state index contributed by atoms with van der Waals surface area (Å²) < 4.78 is 22.2. The van der Waals surface area contributed by atoms with Crippen LogP contribution in [0, 0.1) is 0 Å². The summed E-state index contributed by atoms with van der Waals surface area (Å²) in [5, 5.41) is 40.7. The predicted octanol–water partition coefficient (Wildman–Crippen LogP) is 3.84. The average Bonchev–Trinajstić information content (AvgIpc) is 2.91. The topological polar surface area (TPSA) is 177 Å². The minimum Gasteiger partial charge on any atom is -0.507 e. The smallest absolute Gasteiger partial charge is 0.312 e. The van der Waals surface area contributed by atoms with Gasteiger partial charge in [0.05, 0.1) is 25.2 Å². The molecule has 0 saturated carbocycles. The zero-order valence-corrected chi connectivity index (χ0v) is 20.0. The van der Waals surface area contributed by atoms with E-state index in [1.165, 1.54) is 25.5 Å². The van der Waals surface area contributed by atoms with E-state index >= 15 is 0 Å². The summed E-state index contributed by atoms with van der Waals surface area (Å²) in [6.07, 6.45) is 0.882. The number of phenolic OH excluding ortho intramolecular Hbond substituents is 3. The summed E-state index contributed by atoms with van der Waals surface area (Å²) in [4.78, 5) is 39.4.